The molecule has 3 amide bonds. The molecule has 94 valence electrons. The molecule has 0 aromatic rings. The van der Waals surface area contributed by atoms with Crippen LogP contribution in [-0.2, 0) is 4.79 Å². The minimum atomic E-state index is -0.897. The third kappa shape index (κ3) is 3.74. The Bertz CT molecular complexity index is 329. The van der Waals surface area contributed by atoms with Gasteiger partial charge in [-0.2, -0.15) is 5.26 Å². The maximum absolute atomic E-state index is 11.6. The Kier molecular flexibility index (Phi) is 4.95. The fourth-order valence-electron chi connectivity index (χ4n) is 2.55. The molecular weight excluding hydrogens is 218 g/mol. The first-order valence-electron chi connectivity index (χ1n) is 6.06. The molecule has 0 spiro atoms. The molecule has 0 aliphatic heterocycles. The topological polar surface area (TPSA) is 96.0 Å². The maximum Gasteiger partial charge on any atom is 0.318 e. The van der Waals surface area contributed by atoms with Crippen molar-refractivity contribution in [3.63, 3.8) is 0 Å². The molecule has 0 aromatic carbocycles. The van der Waals surface area contributed by atoms with Crippen LogP contribution in [0, 0.1) is 29.1 Å². The largest absolute Gasteiger partial charge is 0.351 e. The van der Waals surface area contributed by atoms with Crippen LogP contribution in [0.15, 0.2) is 0 Å². The zero-order valence-corrected chi connectivity index (χ0v) is 10.1. The summed E-state index contributed by atoms with van der Waals surface area (Å²) in [7, 11) is 0. The van der Waals surface area contributed by atoms with Gasteiger partial charge in [0.15, 0.2) is 0 Å². The van der Waals surface area contributed by atoms with Crippen LogP contribution in [0.2, 0.25) is 0 Å². The summed E-state index contributed by atoms with van der Waals surface area (Å²) in [5.41, 5.74) is 4.88. The summed E-state index contributed by atoms with van der Waals surface area (Å²) < 4.78 is 0. The molecular formula is C12H19N3O2. The van der Waals surface area contributed by atoms with Gasteiger partial charge in [-0.1, -0.05) is 39.0 Å². The lowest BCUT2D eigenvalue weighted by Crippen LogP contribution is -2.42. The second-order valence-electron chi connectivity index (χ2n) is 4.72. The summed E-state index contributed by atoms with van der Waals surface area (Å²) in [5, 5.41) is 11.0. The van der Waals surface area contributed by atoms with Gasteiger partial charge in [0.1, 0.15) is 5.92 Å². The number of hydrogen-bond acceptors (Lipinski definition) is 3. The lowest BCUT2D eigenvalue weighted by atomic mass is 9.75. The number of rotatable bonds is 3. The third-order valence-electron chi connectivity index (χ3n) is 3.59. The highest BCUT2D eigenvalue weighted by Crippen LogP contribution is 2.33. The molecule has 0 heterocycles. The number of imide groups is 1. The quantitative estimate of drug-likeness (QED) is 0.779. The predicted molar refractivity (Wildman–Crippen MR) is 62.6 cm³/mol. The van der Waals surface area contributed by atoms with E-state index in [1.807, 2.05) is 18.3 Å². The standard InChI is InChI=1S/C12H19N3O2/c1-8(9-5-3-2-4-6-9)10(7-13)11(16)15-12(14)17/h8-10H,2-6H2,1H3,(H3,14,15,16,17)/t8-,10+/m0/s1. The molecule has 2 atom stereocenters. The van der Waals surface area contributed by atoms with Gasteiger partial charge in [-0.15, -0.1) is 0 Å². The van der Waals surface area contributed by atoms with E-state index in [0.29, 0.717) is 5.92 Å². The van der Waals surface area contributed by atoms with E-state index in [4.69, 9.17) is 11.0 Å². The molecule has 1 aliphatic rings. The zero-order chi connectivity index (χ0) is 12.8. The number of amides is 3. The van der Waals surface area contributed by atoms with E-state index in [0.717, 1.165) is 25.7 Å². The minimum absolute atomic E-state index is 0.0281. The summed E-state index contributed by atoms with van der Waals surface area (Å²) >= 11 is 0. The summed E-state index contributed by atoms with van der Waals surface area (Å²) in [6, 6.07) is 1.09. The second kappa shape index (κ2) is 6.24. The smallest absolute Gasteiger partial charge is 0.318 e. The molecule has 1 aliphatic carbocycles. The molecule has 1 fully saturated rings. The number of nitrogens with one attached hydrogen (secondary N) is 1. The highest BCUT2D eigenvalue weighted by Gasteiger charge is 2.32. The highest BCUT2D eigenvalue weighted by atomic mass is 16.2. The van der Waals surface area contributed by atoms with E-state index in [9.17, 15) is 9.59 Å². The van der Waals surface area contributed by atoms with Gasteiger partial charge in [-0.05, 0) is 11.8 Å². The van der Waals surface area contributed by atoms with Crippen LogP contribution in [0.25, 0.3) is 0 Å². The third-order valence-corrected chi connectivity index (χ3v) is 3.59. The molecule has 0 radical (unpaired) electrons. The molecule has 3 N–H and O–H groups in total. The molecule has 0 unspecified atom stereocenters. The number of nitrogens with zero attached hydrogens (tertiary/aromatic N) is 1. The van der Waals surface area contributed by atoms with Crippen molar-refractivity contribution in [1.82, 2.24) is 5.32 Å². The Morgan fingerprint density at radius 2 is 1.94 bits per heavy atom. The van der Waals surface area contributed by atoms with E-state index >= 15 is 0 Å². The summed E-state index contributed by atoms with van der Waals surface area (Å²) in [6.45, 7) is 1.91. The van der Waals surface area contributed by atoms with Crippen molar-refractivity contribution in [3.8, 4) is 6.07 Å². The van der Waals surface area contributed by atoms with E-state index in [1.54, 1.807) is 0 Å². The Labute approximate surface area is 101 Å². The Morgan fingerprint density at radius 1 is 1.35 bits per heavy atom. The average molecular weight is 237 g/mol. The number of nitrogens with two attached hydrogens (primary N) is 1. The van der Waals surface area contributed by atoms with Gasteiger partial charge < -0.3 is 5.73 Å². The maximum atomic E-state index is 11.6. The second-order valence-corrected chi connectivity index (χ2v) is 4.72. The molecule has 0 aromatic heterocycles. The van der Waals surface area contributed by atoms with E-state index in [1.165, 1.54) is 6.42 Å². The van der Waals surface area contributed by atoms with Gasteiger partial charge in [0.2, 0.25) is 5.91 Å². The van der Waals surface area contributed by atoms with Crippen LogP contribution in [0.1, 0.15) is 39.0 Å². The average Bonchev–Trinajstić information content (AvgIpc) is 2.30. The van der Waals surface area contributed by atoms with Crippen LogP contribution in [-0.4, -0.2) is 11.9 Å². The van der Waals surface area contributed by atoms with Crippen molar-refractivity contribution in [3.05, 3.63) is 0 Å². The van der Waals surface area contributed by atoms with Crippen LogP contribution >= 0.6 is 0 Å². The number of urea groups is 1. The normalized spacial score (nSPS) is 20.0. The van der Waals surface area contributed by atoms with E-state index < -0.39 is 17.9 Å². The van der Waals surface area contributed by atoms with Crippen molar-refractivity contribution in [2.45, 2.75) is 39.0 Å². The van der Waals surface area contributed by atoms with Gasteiger partial charge in [0.05, 0.1) is 6.07 Å². The van der Waals surface area contributed by atoms with Crippen molar-refractivity contribution < 1.29 is 9.59 Å². The van der Waals surface area contributed by atoms with Gasteiger partial charge in [0.25, 0.3) is 0 Å². The van der Waals surface area contributed by atoms with Gasteiger partial charge in [0, 0.05) is 0 Å². The molecule has 0 bridgehead atoms. The molecule has 1 saturated carbocycles. The minimum Gasteiger partial charge on any atom is -0.351 e. The molecule has 5 nitrogen and oxygen atoms in total. The number of carbonyl (C=O) groups is 2. The van der Waals surface area contributed by atoms with Crippen LogP contribution in [0.3, 0.4) is 0 Å². The SMILES string of the molecule is C[C@@H](C1CCCCC1)[C@@H](C#N)C(=O)NC(N)=O. The van der Waals surface area contributed by atoms with Crippen molar-refractivity contribution >= 4 is 11.9 Å². The summed E-state index contributed by atoms with van der Waals surface area (Å²) in [5.74, 6) is -0.990. The first-order valence-corrected chi connectivity index (χ1v) is 6.06. The van der Waals surface area contributed by atoms with E-state index in [2.05, 4.69) is 0 Å². The van der Waals surface area contributed by atoms with Gasteiger partial charge in [-0.3, -0.25) is 10.1 Å². The lowest BCUT2D eigenvalue weighted by molar-refractivity contribution is -0.124. The van der Waals surface area contributed by atoms with Crippen LogP contribution in [0.4, 0.5) is 4.79 Å². The zero-order valence-electron chi connectivity index (χ0n) is 10.1. The molecule has 1 rings (SSSR count). The predicted octanol–water partition coefficient (Wildman–Crippen LogP) is 1.54. The van der Waals surface area contributed by atoms with Crippen molar-refractivity contribution in [2.24, 2.45) is 23.5 Å². The lowest BCUT2D eigenvalue weighted by Gasteiger charge is -2.29. The van der Waals surface area contributed by atoms with Crippen molar-refractivity contribution in [2.75, 3.05) is 0 Å². The van der Waals surface area contributed by atoms with E-state index in [-0.39, 0.29) is 5.92 Å². The van der Waals surface area contributed by atoms with Gasteiger partial charge >= 0.3 is 6.03 Å². The number of hydrogen-bond donors (Lipinski definition) is 2. The Morgan fingerprint density at radius 3 is 2.41 bits per heavy atom. The molecule has 17 heavy (non-hydrogen) atoms. The molecule has 0 saturated heterocycles. The summed E-state index contributed by atoms with van der Waals surface area (Å²) in [4.78, 5) is 22.2. The first-order chi connectivity index (χ1) is 8.06. The van der Waals surface area contributed by atoms with Crippen LogP contribution < -0.4 is 11.1 Å². The Hall–Kier alpha value is -1.57. The number of nitriles is 1. The van der Waals surface area contributed by atoms with Gasteiger partial charge in [-0.25, -0.2) is 4.79 Å². The summed E-state index contributed by atoms with van der Waals surface area (Å²) in [6.07, 6.45) is 5.66. The number of carbonyl (C=O) groups excluding carboxylic acids is 2. The van der Waals surface area contributed by atoms with Crippen molar-refractivity contribution in [1.29, 1.82) is 5.26 Å². The highest BCUT2D eigenvalue weighted by molar-refractivity contribution is 5.95. The fourth-order valence-corrected chi connectivity index (χ4v) is 2.55. The molecule has 5 heteroatoms. The number of primary amides is 1. The monoisotopic (exact) mass is 237 g/mol. The Balaban J connectivity index is 2.62. The fraction of sp³-hybridized carbons (Fsp3) is 0.750. The van der Waals surface area contributed by atoms with Crippen LogP contribution in [0.5, 0.6) is 0 Å². The first kappa shape index (κ1) is 13.5.